The summed E-state index contributed by atoms with van der Waals surface area (Å²) in [5, 5.41) is 13.6. The number of furan rings is 1. The zero-order chi connectivity index (χ0) is 20.8. The Bertz CT molecular complexity index is 1290. The molecule has 155 valence electrons. The van der Waals surface area contributed by atoms with Crippen LogP contribution in [-0.2, 0) is 24.9 Å². The van der Waals surface area contributed by atoms with Crippen LogP contribution in [0.3, 0.4) is 0 Å². The number of aliphatic hydroxyl groups excluding tert-OH is 1. The van der Waals surface area contributed by atoms with E-state index in [1.54, 1.807) is 0 Å². The third-order valence-corrected chi connectivity index (χ3v) is 8.77. The van der Waals surface area contributed by atoms with Crippen molar-refractivity contribution in [1.29, 1.82) is 0 Å². The van der Waals surface area contributed by atoms with Gasteiger partial charge in [-0.2, -0.15) is 0 Å². The molecule has 1 radical (unpaired) electrons. The fourth-order valence-electron chi connectivity index (χ4n) is 4.06. The quantitative estimate of drug-likeness (QED) is 0.152. The van der Waals surface area contributed by atoms with E-state index < -0.39 is 8.07 Å². The van der Waals surface area contributed by atoms with E-state index in [0.717, 1.165) is 22.4 Å². The minimum Gasteiger partial charge on any atom is -0.512 e. The van der Waals surface area contributed by atoms with E-state index >= 15 is 0 Å². The molecule has 0 aliphatic carbocycles. The maximum absolute atomic E-state index is 10.0. The molecule has 0 unspecified atom stereocenters. The molecule has 2 aromatic heterocycles. The maximum atomic E-state index is 10.0. The fourth-order valence-corrected chi connectivity index (χ4v) is 7.03. The van der Waals surface area contributed by atoms with E-state index in [-0.39, 0.29) is 31.6 Å². The van der Waals surface area contributed by atoms with Crippen molar-refractivity contribution in [3.05, 3.63) is 66.6 Å². The number of fused-ring (bicyclic) bond motifs is 2. The standard InChI is InChI=1S/C19H14NOSi.C5H8O2.Ir/c1-22(2)15-9-4-8-14-18(15)17-12(6-3-7-13(17)21-14)19-16(22)10-5-11-20-19;1-4(6)3-5(2)7;/h3-5,7-11H,1-2H3;3,6H,1-2H3;/q-1;;/b;4-3-;. The number of benzene rings is 2. The van der Waals surface area contributed by atoms with Crippen LogP contribution in [0.5, 0.6) is 0 Å². The molecule has 1 aliphatic rings. The van der Waals surface area contributed by atoms with Crippen LogP contribution < -0.4 is 10.4 Å². The van der Waals surface area contributed by atoms with Gasteiger partial charge >= 0.3 is 0 Å². The number of carbonyl (C=O) groups excluding carboxylic acids is 1. The van der Waals surface area contributed by atoms with Crippen LogP contribution in [0.15, 0.2) is 64.9 Å². The van der Waals surface area contributed by atoms with Gasteiger partial charge in [0.25, 0.3) is 0 Å². The van der Waals surface area contributed by atoms with E-state index in [2.05, 4.69) is 43.4 Å². The summed E-state index contributed by atoms with van der Waals surface area (Å²) in [4.78, 5) is 14.7. The summed E-state index contributed by atoms with van der Waals surface area (Å²) in [6.45, 7) is 7.64. The number of hydrogen-bond acceptors (Lipinski definition) is 4. The average molecular weight is 593 g/mol. The maximum Gasteiger partial charge on any atom is 0.155 e. The van der Waals surface area contributed by atoms with Crippen molar-refractivity contribution in [3.63, 3.8) is 0 Å². The number of hydrogen-bond donors (Lipinski definition) is 1. The zero-order valence-electron chi connectivity index (χ0n) is 17.2. The van der Waals surface area contributed by atoms with Gasteiger partial charge in [0, 0.05) is 32.4 Å². The molecule has 0 atom stereocenters. The van der Waals surface area contributed by atoms with Gasteiger partial charge in [-0.05, 0) is 37.1 Å². The van der Waals surface area contributed by atoms with Crippen LogP contribution in [0, 0.1) is 6.07 Å². The third kappa shape index (κ3) is 3.67. The van der Waals surface area contributed by atoms with Crippen molar-refractivity contribution >= 4 is 46.2 Å². The minimum absolute atomic E-state index is 0. The normalized spacial score (nSPS) is 13.8. The number of aliphatic hydroxyl groups is 1. The van der Waals surface area contributed by atoms with Gasteiger partial charge < -0.3 is 14.5 Å². The van der Waals surface area contributed by atoms with Crippen LogP contribution in [-0.4, -0.2) is 23.9 Å². The Kier molecular flexibility index (Phi) is 6.13. The van der Waals surface area contributed by atoms with Crippen LogP contribution in [0.1, 0.15) is 13.8 Å². The molecule has 4 nitrogen and oxygen atoms in total. The SMILES string of the molecule is CC(=O)/C=C(/C)O.C[Si]1(C)c2cccnc2-c2[c-]ccc3oc4cccc1c4c23.[Ir]. The molecule has 2 aromatic carbocycles. The zero-order valence-corrected chi connectivity index (χ0v) is 20.6. The summed E-state index contributed by atoms with van der Waals surface area (Å²) in [6.07, 6.45) is 3.04. The smallest absolute Gasteiger partial charge is 0.155 e. The topological polar surface area (TPSA) is 63.3 Å². The van der Waals surface area contributed by atoms with Crippen LogP contribution >= 0.6 is 0 Å². The van der Waals surface area contributed by atoms with E-state index in [9.17, 15) is 4.79 Å². The summed E-state index contributed by atoms with van der Waals surface area (Å²) in [6, 6.07) is 18.1. The molecule has 6 heteroatoms. The van der Waals surface area contributed by atoms with Crippen molar-refractivity contribution in [2.24, 2.45) is 0 Å². The number of pyridine rings is 1. The van der Waals surface area contributed by atoms with Crippen LogP contribution in [0.4, 0.5) is 0 Å². The summed E-state index contributed by atoms with van der Waals surface area (Å²) in [5.41, 5.74) is 4.06. The van der Waals surface area contributed by atoms with Gasteiger partial charge in [-0.25, -0.2) is 0 Å². The molecular weight excluding hydrogens is 571 g/mol. The second kappa shape index (κ2) is 8.30. The molecule has 3 heterocycles. The van der Waals surface area contributed by atoms with Gasteiger partial charge in [-0.15, -0.1) is 17.7 Å². The second-order valence-corrected chi connectivity index (χ2v) is 12.1. The molecule has 0 fully saturated rings. The first kappa shape index (κ1) is 22.2. The second-order valence-electron chi connectivity index (χ2n) is 7.79. The number of carbonyl (C=O) groups is 1. The van der Waals surface area contributed by atoms with Crippen molar-refractivity contribution in [2.45, 2.75) is 26.9 Å². The Morgan fingerprint density at radius 3 is 2.43 bits per heavy atom. The molecule has 0 saturated heterocycles. The number of ketones is 1. The molecule has 5 rings (SSSR count). The Morgan fingerprint density at radius 2 is 1.77 bits per heavy atom. The van der Waals surface area contributed by atoms with Crippen molar-refractivity contribution in [2.75, 3.05) is 0 Å². The van der Waals surface area contributed by atoms with Crippen LogP contribution in [0.2, 0.25) is 13.1 Å². The molecular formula is C24H22IrNO3Si-. The van der Waals surface area contributed by atoms with Gasteiger partial charge in [0.1, 0.15) is 13.7 Å². The third-order valence-electron chi connectivity index (χ3n) is 5.26. The molecule has 1 aliphatic heterocycles. The van der Waals surface area contributed by atoms with E-state index in [1.165, 1.54) is 41.1 Å². The van der Waals surface area contributed by atoms with Gasteiger partial charge in [0.2, 0.25) is 0 Å². The van der Waals surface area contributed by atoms with Crippen LogP contribution in [0.25, 0.3) is 33.2 Å². The Hall–Kier alpha value is -2.53. The van der Waals surface area contributed by atoms with Crippen molar-refractivity contribution in [1.82, 2.24) is 4.98 Å². The molecule has 1 N–H and O–H groups in total. The van der Waals surface area contributed by atoms with Gasteiger partial charge in [-0.3, -0.25) is 4.79 Å². The number of allylic oxidation sites excluding steroid dienone is 2. The van der Waals surface area contributed by atoms with E-state index in [1.807, 2.05) is 24.4 Å². The first-order chi connectivity index (χ1) is 13.8. The van der Waals surface area contributed by atoms with Gasteiger partial charge in [-0.1, -0.05) is 53.1 Å². The van der Waals surface area contributed by atoms with E-state index in [0.29, 0.717) is 0 Å². The van der Waals surface area contributed by atoms with Gasteiger partial charge in [0.15, 0.2) is 5.78 Å². The molecule has 0 spiro atoms. The predicted octanol–water partition coefficient (Wildman–Crippen LogP) is 4.62. The molecule has 0 bridgehead atoms. The number of aromatic nitrogens is 1. The summed E-state index contributed by atoms with van der Waals surface area (Å²) >= 11 is 0. The first-order valence-corrected chi connectivity index (χ1v) is 12.5. The fraction of sp³-hybridized carbons (Fsp3) is 0.167. The van der Waals surface area contributed by atoms with Crippen molar-refractivity contribution < 1.29 is 34.4 Å². The Labute approximate surface area is 190 Å². The molecule has 0 saturated carbocycles. The predicted molar refractivity (Wildman–Crippen MR) is 120 cm³/mol. The first-order valence-electron chi connectivity index (χ1n) is 9.51. The van der Waals surface area contributed by atoms with E-state index in [4.69, 9.17) is 14.5 Å². The van der Waals surface area contributed by atoms with Gasteiger partial charge in [0.05, 0.1) is 11.3 Å². The molecule has 30 heavy (non-hydrogen) atoms. The average Bonchev–Trinajstić information content (AvgIpc) is 3.02. The molecule has 4 aromatic rings. The molecule has 0 amide bonds. The monoisotopic (exact) mass is 593 g/mol. The summed E-state index contributed by atoms with van der Waals surface area (Å²) in [7, 11) is -1.84. The minimum atomic E-state index is -1.84. The summed E-state index contributed by atoms with van der Waals surface area (Å²) in [5.74, 6) is -0.0625. The Morgan fingerprint density at radius 1 is 1.07 bits per heavy atom. The number of rotatable bonds is 1. The summed E-state index contributed by atoms with van der Waals surface area (Å²) < 4.78 is 6.09. The largest absolute Gasteiger partial charge is 0.512 e. The Balaban J connectivity index is 0.000000281. The van der Waals surface area contributed by atoms with Crippen molar-refractivity contribution in [3.8, 4) is 11.3 Å². The number of nitrogens with zero attached hydrogens (tertiary/aromatic N) is 1.